The molecule has 2 rings (SSSR count). The van der Waals surface area contributed by atoms with Crippen molar-refractivity contribution in [1.29, 1.82) is 0 Å². The van der Waals surface area contributed by atoms with Gasteiger partial charge in [0.2, 0.25) is 5.91 Å². The van der Waals surface area contributed by atoms with Crippen LogP contribution in [0, 0.1) is 5.92 Å². The van der Waals surface area contributed by atoms with Crippen LogP contribution in [0.25, 0.3) is 0 Å². The van der Waals surface area contributed by atoms with E-state index in [4.69, 9.17) is 5.73 Å². The first kappa shape index (κ1) is 23.1. The molecule has 0 spiro atoms. The molecule has 1 aromatic carbocycles. The Morgan fingerprint density at radius 3 is 2.17 bits per heavy atom. The van der Waals surface area contributed by atoms with Crippen LogP contribution in [0.5, 0.6) is 0 Å². The van der Waals surface area contributed by atoms with Gasteiger partial charge in [-0.2, -0.15) is 0 Å². The van der Waals surface area contributed by atoms with E-state index < -0.39 is 6.10 Å². The highest BCUT2D eigenvalue weighted by molar-refractivity contribution is 5.85. The molecule has 0 aliphatic carbocycles. The molecule has 1 aliphatic heterocycles. The first-order valence-electron chi connectivity index (χ1n) is 7.98. The second-order valence-corrected chi connectivity index (χ2v) is 6.20. The zero-order chi connectivity index (χ0) is 16.1. The minimum atomic E-state index is -0.480. The lowest BCUT2D eigenvalue weighted by molar-refractivity contribution is -0.137. The summed E-state index contributed by atoms with van der Waals surface area (Å²) in [6.45, 7) is 7.36. The van der Waals surface area contributed by atoms with Crippen LogP contribution in [0.2, 0.25) is 0 Å². The zero-order valence-electron chi connectivity index (χ0n) is 14.3. The Bertz CT molecular complexity index is 480. The number of amides is 1. The summed E-state index contributed by atoms with van der Waals surface area (Å²) in [5.74, 6) is -0.000262. The normalized spacial score (nSPS) is 18.8. The molecule has 1 amide bonds. The number of rotatable bonds is 5. The van der Waals surface area contributed by atoms with E-state index >= 15 is 0 Å². The maximum atomic E-state index is 12.3. The summed E-state index contributed by atoms with van der Waals surface area (Å²) in [6, 6.07) is 9.57. The SMILES string of the molecule is CC(N)C(C)C(=O)N1CCN(CC(O)c2ccccc2)CC1.Cl.Cl. The van der Waals surface area contributed by atoms with Crippen LogP contribution in [0.1, 0.15) is 25.5 Å². The Kier molecular flexibility index (Phi) is 10.5. The van der Waals surface area contributed by atoms with E-state index in [0.29, 0.717) is 19.6 Å². The summed E-state index contributed by atoms with van der Waals surface area (Å²) < 4.78 is 0. The number of aliphatic hydroxyl groups is 1. The van der Waals surface area contributed by atoms with Crippen molar-refractivity contribution >= 4 is 30.7 Å². The van der Waals surface area contributed by atoms with Crippen molar-refractivity contribution in [2.24, 2.45) is 11.7 Å². The lowest BCUT2D eigenvalue weighted by Crippen LogP contribution is -2.52. The van der Waals surface area contributed by atoms with Gasteiger partial charge in [0.15, 0.2) is 0 Å². The number of hydrogen-bond acceptors (Lipinski definition) is 4. The first-order valence-corrected chi connectivity index (χ1v) is 7.98. The minimum absolute atomic E-state index is 0. The van der Waals surface area contributed by atoms with Crippen molar-refractivity contribution in [3.63, 3.8) is 0 Å². The standard InChI is InChI=1S/C17H27N3O2.2ClH/c1-13(14(2)18)17(22)20-10-8-19(9-11-20)12-16(21)15-6-4-3-5-7-15;;/h3-7,13-14,16,21H,8-12,18H2,1-2H3;2*1H. The second kappa shape index (κ2) is 10.9. The van der Waals surface area contributed by atoms with Gasteiger partial charge in [-0.15, -0.1) is 24.8 Å². The molecule has 138 valence electrons. The number of hydrogen-bond donors (Lipinski definition) is 2. The average Bonchev–Trinajstić information content (AvgIpc) is 2.55. The smallest absolute Gasteiger partial charge is 0.227 e. The predicted octanol–water partition coefficient (Wildman–Crippen LogP) is 1.69. The van der Waals surface area contributed by atoms with Crippen molar-refractivity contribution < 1.29 is 9.90 Å². The molecular weight excluding hydrogens is 349 g/mol. The van der Waals surface area contributed by atoms with E-state index in [1.165, 1.54) is 0 Å². The van der Waals surface area contributed by atoms with Gasteiger partial charge < -0.3 is 15.7 Å². The van der Waals surface area contributed by atoms with Crippen molar-refractivity contribution in [2.75, 3.05) is 32.7 Å². The minimum Gasteiger partial charge on any atom is -0.387 e. The van der Waals surface area contributed by atoms with Gasteiger partial charge in [0.25, 0.3) is 0 Å². The summed E-state index contributed by atoms with van der Waals surface area (Å²) in [6.07, 6.45) is -0.480. The number of nitrogens with two attached hydrogens (primary N) is 1. The molecule has 3 unspecified atom stereocenters. The zero-order valence-corrected chi connectivity index (χ0v) is 15.9. The molecule has 3 atom stereocenters. The highest BCUT2D eigenvalue weighted by Gasteiger charge is 2.27. The third-order valence-electron chi connectivity index (χ3n) is 4.48. The number of β-amino-alcohol motifs (C(OH)–C–C–N with tert-alkyl or cyclic N) is 1. The van der Waals surface area contributed by atoms with Crippen LogP contribution < -0.4 is 5.73 Å². The third kappa shape index (κ3) is 6.22. The lowest BCUT2D eigenvalue weighted by Gasteiger charge is -2.37. The molecule has 1 aliphatic rings. The number of carbonyl (C=O) groups is 1. The molecule has 0 aromatic heterocycles. The molecule has 24 heavy (non-hydrogen) atoms. The van der Waals surface area contributed by atoms with Gasteiger partial charge in [-0.25, -0.2) is 0 Å². The highest BCUT2D eigenvalue weighted by atomic mass is 35.5. The fourth-order valence-corrected chi connectivity index (χ4v) is 2.69. The topological polar surface area (TPSA) is 69.8 Å². The quantitative estimate of drug-likeness (QED) is 0.818. The van der Waals surface area contributed by atoms with Gasteiger partial charge in [-0.05, 0) is 12.5 Å². The molecule has 1 heterocycles. The molecule has 0 radical (unpaired) electrons. The summed E-state index contributed by atoms with van der Waals surface area (Å²) in [7, 11) is 0. The third-order valence-corrected chi connectivity index (χ3v) is 4.48. The van der Waals surface area contributed by atoms with Gasteiger partial charge in [0.1, 0.15) is 0 Å². The number of piperazine rings is 1. The summed E-state index contributed by atoms with van der Waals surface area (Å²) in [4.78, 5) is 16.4. The monoisotopic (exact) mass is 377 g/mol. The number of carbonyl (C=O) groups excluding carboxylic acids is 1. The summed E-state index contributed by atoms with van der Waals surface area (Å²) >= 11 is 0. The van der Waals surface area contributed by atoms with Gasteiger partial charge >= 0.3 is 0 Å². The van der Waals surface area contributed by atoms with Crippen LogP contribution in [0.3, 0.4) is 0 Å². The number of halogens is 2. The molecule has 5 nitrogen and oxygen atoms in total. The van der Waals surface area contributed by atoms with Gasteiger partial charge in [-0.3, -0.25) is 9.69 Å². The fourth-order valence-electron chi connectivity index (χ4n) is 2.69. The van der Waals surface area contributed by atoms with Gasteiger partial charge in [0, 0.05) is 38.8 Å². The Labute approximate surface area is 157 Å². The van der Waals surface area contributed by atoms with Gasteiger partial charge in [0.05, 0.1) is 12.0 Å². The Balaban J connectivity index is 0.00000264. The van der Waals surface area contributed by atoms with E-state index in [1.807, 2.05) is 49.1 Å². The fraction of sp³-hybridized carbons (Fsp3) is 0.588. The van der Waals surface area contributed by atoms with Crippen LogP contribution >= 0.6 is 24.8 Å². The number of benzene rings is 1. The summed E-state index contributed by atoms with van der Waals surface area (Å²) in [5, 5.41) is 10.3. The van der Waals surface area contributed by atoms with E-state index in [2.05, 4.69) is 4.90 Å². The maximum absolute atomic E-state index is 12.3. The Morgan fingerprint density at radius 2 is 1.67 bits per heavy atom. The van der Waals surface area contributed by atoms with Crippen molar-refractivity contribution in [3.8, 4) is 0 Å². The molecule has 0 bridgehead atoms. The second-order valence-electron chi connectivity index (χ2n) is 6.20. The molecule has 0 saturated carbocycles. The van der Waals surface area contributed by atoms with Crippen molar-refractivity contribution in [3.05, 3.63) is 35.9 Å². The molecular formula is C17H29Cl2N3O2. The van der Waals surface area contributed by atoms with E-state index in [1.54, 1.807) is 0 Å². The van der Waals surface area contributed by atoms with Crippen LogP contribution in [-0.2, 0) is 4.79 Å². The Hall–Kier alpha value is -0.850. The first-order chi connectivity index (χ1) is 10.5. The lowest BCUT2D eigenvalue weighted by atomic mass is 10.0. The van der Waals surface area contributed by atoms with E-state index in [0.717, 1.165) is 18.7 Å². The molecule has 3 N–H and O–H groups in total. The van der Waals surface area contributed by atoms with Crippen LogP contribution in [0.4, 0.5) is 0 Å². The molecule has 7 heteroatoms. The van der Waals surface area contributed by atoms with E-state index in [-0.39, 0.29) is 42.7 Å². The largest absolute Gasteiger partial charge is 0.387 e. The summed E-state index contributed by atoms with van der Waals surface area (Å²) in [5.41, 5.74) is 6.75. The van der Waals surface area contributed by atoms with E-state index in [9.17, 15) is 9.90 Å². The molecule has 1 fully saturated rings. The maximum Gasteiger partial charge on any atom is 0.227 e. The van der Waals surface area contributed by atoms with Crippen molar-refractivity contribution in [1.82, 2.24) is 9.80 Å². The van der Waals surface area contributed by atoms with Crippen LogP contribution in [0.15, 0.2) is 30.3 Å². The van der Waals surface area contributed by atoms with Crippen molar-refractivity contribution in [2.45, 2.75) is 26.0 Å². The molecule has 1 saturated heterocycles. The predicted molar refractivity (Wildman–Crippen MR) is 102 cm³/mol. The van der Waals surface area contributed by atoms with Gasteiger partial charge in [-0.1, -0.05) is 37.3 Å². The average molecular weight is 378 g/mol. The number of nitrogens with zero attached hydrogens (tertiary/aromatic N) is 2. The highest BCUT2D eigenvalue weighted by Crippen LogP contribution is 2.16. The number of aliphatic hydroxyl groups excluding tert-OH is 1. The van der Waals surface area contributed by atoms with Crippen LogP contribution in [-0.4, -0.2) is 59.6 Å². The Morgan fingerprint density at radius 1 is 1.12 bits per heavy atom. The molecule has 1 aromatic rings.